The minimum absolute atomic E-state index is 0.0802. The zero-order chi connectivity index (χ0) is 35.9. The molecule has 4 heterocycles. The first-order valence-electron chi connectivity index (χ1n) is 20.2. The number of carbonyl (C=O) groups is 2. The van der Waals surface area contributed by atoms with Gasteiger partial charge in [-0.25, -0.2) is 9.36 Å². The second kappa shape index (κ2) is 12.4. The van der Waals surface area contributed by atoms with Crippen molar-refractivity contribution in [2.75, 3.05) is 13.1 Å². The Morgan fingerprint density at radius 2 is 1.19 bits per heavy atom. The number of carbonyl (C=O) groups excluding carboxylic acids is 2. The van der Waals surface area contributed by atoms with Crippen LogP contribution in [-0.2, 0) is 9.59 Å². The van der Waals surface area contributed by atoms with Crippen molar-refractivity contribution in [3.8, 4) is 0 Å². The first kappa shape index (κ1) is 34.0. The van der Waals surface area contributed by atoms with Crippen LogP contribution in [-0.4, -0.2) is 54.9 Å². The lowest BCUT2D eigenvalue weighted by Crippen LogP contribution is -2.50. The monoisotopic (exact) mass is 704 g/mol. The van der Waals surface area contributed by atoms with E-state index in [1.807, 2.05) is 21.8 Å². The molecule has 0 unspecified atom stereocenters. The van der Waals surface area contributed by atoms with E-state index in [1.54, 1.807) is 23.5 Å². The molecule has 4 saturated carbocycles. The average molecular weight is 705 g/mol. The quantitative estimate of drug-likeness (QED) is 0.354. The smallest absolute Gasteiger partial charge is 0.220 e. The number of hydrogen-bond acceptors (Lipinski definition) is 6. The number of aromatic nitrogens is 6. The summed E-state index contributed by atoms with van der Waals surface area (Å²) in [6.07, 6.45) is 30.0. The van der Waals surface area contributed by atoms with Crippen molar-refractivity contribution < 1.29 is 9.59 Å². The van der Waals surface area contributed by atoms with Gasteiger partial charge in [-0.2, -0.15) is 0 Å². The highest BCUT2D eigenvalue weighted by Gasteiger charge is 2.57. The molecule has 2 aromatic rings. The SMILES string of the molecule is C[C@]12CC[C@H]3[C@@H](CC[C@H]4CC(=O)NCC[C@@]43C)C1=CC=C2n1ccnn1.C[C@]12CC[C@H]3[C@@H](CC[C@H]4CNC(=O)CC[C@@]43C)C1=CC=C2n1ccnn1. The van der Waals surface area contributed by atoms with Crippen LogP contribution in [0.4, 0.5) is 0 Å². The summed E-state index contributed by atoms with van der Waals surface area (Å²) in [5, 5.41) is 22.8. The van der Waals surface area contributed by atoms with Gasteiger partial charge in [0.25, 0.3) is 0 Å². The van der Waals surface area contributed by atoms with Crippen molar-refractivity contribution in [2.24, 2.45) is 57.2 Å². The molecule has 52 heavy (non-hydrogen) atoms. The van der Waals surface area contributed by atoms with E-state index in [0.29, 0.717) is 41.9 Å². The van der Waals surface area contributed by atoms with Crippen LogP contribution in [0.3, 0.4) is 0 Å². The molecule has 2 saturated heterocycles. The molecule has 6 aliphatic carbocycles. The molecule has 2 N–H and O–H groups in total. The number of fused-ring (bicyclic) bond motifs is 10. The Bertz CT molecular complexity index is 1770. The molecule has 2 amide bonds. The van der Waals surface area contributed by atoms with Crippen LogP contribution in [0.1, 0.15) is 105 Å². The zero-order valence-electron chi connectivity index (χ0n) is 31.5. The topological polar surface area (TPSA) is 120 Å². The molecule has 2 aliphatic heterocycles. The van der Waals surface area contributed by atoms with Gasteiger partial charge >= 0.3 is 0 Å². The van der Waals surface area contributed by atoms with Crippen molar-refractivity contribution >= 4 is 23.2 Å². The van der Waals surface area contributed by atoms with Crippen LogP contribution in [0.2, 0.25) is 0 Å². The summed E-state index contributed by atoms with van der Waals surface area (Å²) in [6, 6.07) is 0. The van der Waals surface area contributed by atoms with Gasteiger partial charge in [0.15, 0.2) is 0 Å². The number of amides is 2. The number of nitrogens with zero attached hydrogens (tertiary/aromatic N) is 6. The van der Waals surface area contributed by atoms with Crippen molar-refractivity contribution in [2.45, 2.75) is 105 Å². The molecular formula is C42H56N8O2. The first-order chi connectivity index (χ1) is 25.0. The molecule has 8 aliphatic rings. The summed E-state index contributed by atoms with van der Waals surface area (Å²) in [5.74, 6) is 4.33. The molecule has 10 nitrogen and oxygen atoms in total. The second-order valence-electron chi connectivity index (χ2n) is 18.4. The highest BCUT2D eigenvalue weighted by molar-refractivity contribution is 5.77. The molecule has 2 aromatic heterocycles. The molecular weight excluding hydrogens is 649 g/mol. The van der Waals surface area contributed by atoms with Crippen LogP contribution in [0, 0.1) is 57.2 Å². The third kappa shape index (κ3) is 5.08. The van der Waals surface area contributed by atoms with E-state index in [2.05, 4.69) is 83.3 Å². The molecule has 10 atom stereocenters. The van der Waals surface area contributed by atoms with Crippen molar-refractivity contribution in [3.05, 3.63) is 60.2 Å². The zero-order valence-corrected chi connectivity index (χ0v) is 31.5. The van der Waals surface area contributed by atoms with Gasteiger partial charge in [0.05, 0.1) is 36.2 Å². The number of hydrogen-bond donors (Lipinski definition) is 2. The maximum Gasteiger partial charge on any atom is 0.220 e. The fourth-order valence-electron chi connectivity index (χ4n) is 13.3. The van der Waals surface area contributed by atoms with E-state index in [-0.39, 0.29) is 33.5 Å². The van der Waals surface area contributed by atoms with Gasteiger partial charge in [-0.1, -0.05) is 61.4 Å². The highest BCUT2D eigenvalue weighted by Crippen LogP contribution is 2.66. The first-order valence-corrected chi connectivity index (χ1v) is 20.2. The van der Waals surface area contributed by atoms with E-state index in [4.69, 9.17) is 0 Å². The average Bonchev–Trinajstić information content (AvgIpc) is 3.93. The molecule has 0 aromatic carbocycles. The number of nitrogens with one attached hydrogen (secondary N) is 2. The van der Waals surface area contributed by atoms with Gasteiger partial charge in [0.1, 0.15) is 0 Å². The lowest BCUT2D eigenvalue weighted by Gasteiger charge is -2.56. The maximum atomic E-state index is 12.1. The summed E-state index contributed by atoms with van der Waals surface area (Å²) in [7, 11) is 0. The van der Waals surface area contributed by atoms with Crippen LogP contribution in [0.15, 0.2) is 60.2 Å². The standard InChI is InChI=1S/2C21H28N4O/c1-20-10-8-19(26)22-13-14(20)3-4-15-16-5-6-18(25-12-11-23-24-25)21(16,2)9-7-17(15)20;1-20-9-10-22-19(26)13-14(20)3-4-15-16-5-6-18(25-12-11-23-24-25)21(16,2)8-7-17(15)20/h2*5-6,11-12,14-15,17H,3-4,7-10,13H2,1-2H3,(H,22,26)/t2*14-,15-,17-,20-,21-/m00/s1. The summed E-state index contributed by atoms with van der Waals surface area (Å²) < 4.78 is 3.90. The van der Waals surface area contributed by atoms with E-state index in [9.17, 15) is 9.59 Å². The highest BCUT2D eigenvalue weighted by atomic mass is 16.2. The Balaban J connectivity index is 0.000000138. The lowest BCUT2D eigenvalue weighted by atomic mass is 9.48. The van der Waals surface area contributed by atoms with Gasteiger partial charge in [0.2, 0.25) is 11.8 Å². The molecule has 10 rings (SSSR count). The summed E-state index contributed by atoms with van der Waals surface area (Å²) in [4.78, 5) is 24.1. The van der Waals surface area contributed by atoms with E-state index >= 15 is 0 Å². The van der Waals surface area contributed by atoms with Crippen molar-refractivity contribution in [1.29, 1.82) is 0 Å². The fourth-order valence-corrected chi connectivity index (χ4v) is 13.3. The largest absolute Gasteiger partial charge is 0.356 e. The second-order valence-corrected chi connectivity index (χ2v) is 18.4. The van der Waals surface area contributed by atoms with Gasteiger partial charge in [-0.15, -0.1) is 10.2 Å². The Hall–Kier alpha value is -3.82. The molecule has 276 valence electrons. The van der Waals surface area contributed by atoms with Gasteiger partial charge in [-0.3, -0.25) is 9.59 Å². The summed E-state index contributed by atoms with van der Waals surface area (Å²) >= 11 is 0. The van der Waals surface area contributed by atoms with Crippen LogP contribution in [0.5, 0.6) is 0 Å². The van der Waals surface area contributed by atoms with Gasteiger partial charge in [0, 0.05) is 36.8 Å². The van der Waals surface area contributed by atoms with E-state index < -0.39 is 0 Å². The molecule has 0 spiro atoms. The van der Waals surface area contributed by atoms with Crippen LogP contribution < -0.4 is 10.6 Å². The van der Waals surface area contributed by atoms with E-state index in [0.717, 1.165) is 45.2 Å². The normalized spacial score (nSPS) is 41.9. The predicted molar refractivity (Wildman–Crippen MR) is 200 cm³/mol. The van der Waals surface area contributed by atoms with Crippen molar-refractivity contribution in [1.82, 2.24) is 40.6 Å². The number of rotatable bonds is 2. The van der Waals surface area contributed by atoms with Crippen molar-refractivity contribution in [3.63, 3.8) is 0 Å². The maximum absolute atomic E-state index is 12.1. The molecule has 0 radical (unpaired) electrons. The Morgan fingerprint density at radius 3 is 1.75 bits per heavy atom. The molecule has 10 heteroatoms. The minimum Gasteiger partial charge on any atom is -0.356 e. The van der Waals surface area contributed by atoms with E-state index in [1.165, 1.54) is 49.9 Å². The van der Waals surface area contributed by atoms with Crippen LogP contribution >= 0.6 is 0 Å². The third-order valence-electron chi connectivity index (χ3n) is 16.3. The molecule has 0 bridgehead atoms. The summed E-state index contributed by atoms with van der Waals surface area (Å²) in [6.45, 7) is 11.4. The molecule has 6 fully saturated rings. The Morgan fingerprint density at radius 1 is 0.635 bits per heavy atom. The Labute approximate surface area is 308 Å². The van der Waals surface area contributed by atoms with Gasteiger partial charge in [-0.05, 0) is 123 Å². The lowest BCUT2D eigenvalue weighted by molar-refractivity contribution is -0.123. The fraction of sp³-hybridized carbons (Fsp3) is 0.667. The number of allylic oxidation sites excluding steroid dienone is 8. The predicted octanol–water partition coefficient (Wildman–Crippen LogP) is 6.84. The Kier molecular flexibility index (Phi) is 8.08. The van der Waals surface area contributed by atoms with Gasteiger partial charge < -0.3 is 10.6 Å². The third-order valence-corrected chi connectivity index (χ3v) is 16.3. The summed E-state index contributed by atoms with van der Waals surface area (Å²) in [5.41, 5.74) is 6.46. The van der Waals surface area contributed by atoms with Crippen LogP contribution in [0.25, 0.3) is 11.4 Å². The minimum atomic E-state index is 0.0802.